The van der Waals surface area contributed by atoms with E-state index in [1.807, 2.05) is 29.8 Å². The third kappa shape index (κ3) is 5.05. The van der Waals surface area contributed by atoms with Crippen LogP contribution < -0.4 is 10.6 Å². The number of rotatable bonds is 7. The molecule has 0 radical (unpaired) electrons. The lowest BCUT2D eigenvalue weighted by Crippen LogP contribution is -2.42. The molecule has 138 valence electrons. The van der Waals surface area contributed by atoms with E-state index in [9.17, 15) is 9.59 Å². The highest BCUT2D eigenvalue weighted by Gasteiger charge is 2.19. The number of carbonyl (C=O) groups is 2. The maximum Gasteiger partial charge on any atom is 0.309 e. The largest absolute Gasteiger partial charge is 0.348 e. The normalized spacial score (nSPS) is 15.2. The Labute approximate surface area is 157 Å². The molecule has 1 aliphatic carbocycles. The van der Waals surface area contributed by atoms with Gasteiger partial charge in [0.25, 0.3) is 0 Å². The summed E-state index contributed by atoms with van der Waals surface area (Å²) in [5.74, 6) is -1.18. The zero-order valence-electron chi connectivity index (χ0n) is 14.7. The molecule has 3 rings (SSSR count). The molecule has 1 aliphatic rings. The Kier molecular flexibility index (Phi) is 6.60. The predicted molar refractivity (Wildman–Crippen MR) is 102 cm³/mol. The van der Waals surface area contributed by atoms with E-state index in [-0.39, 0.29) is 6.04 Å². The lowest BCUT2D eigenvalue weighted by molar-refractivity contribution is -0.139. The highest BCUT2D eigenvalue weighted by Crippen LogP contribution is 2.22. The fourth-order valence-corrected chi connectivity index (χ4v) is 3.91. The van der Waals surface area contributed by atoms with Crippen molar-refractivity contribution in [1.82, 2.24) is 20.4 Å². The molecule has 2 aromatic heterocycles. The SMILES string of the molecule is O=C(NCCC1=CCCCC1)C(=O)NC[C@@H](c1cccs1)n1cccn1. The Balaban J connectivity index is 1.47. The first kappa shape index (κ1) is 18.4. The molecule has 1 atom stereocenters. The molecular formula is C19H24N4O2S. The number of hydrogen-bond acceptors (Lipinski definition) is 4. The molecule has 0 spiro atoms. The summed E-state index contributed by atoms with van der Waals surface area (Å²) in [6.45, 7) is 0.825. The average Bonchev–Trinajstić information content (AvgIpc) is 3.37. The molecule has 2 amide bonds. The van der Waals surface area contributed by atoms with Gasteiger partial charge >= 0.3 is 11.8 Å². The van der Waals surface area contributed by atoms with E-state index in [2.05, 4.69) is 21.8 Å². The van der Waals surface area contributed by atoms with Gasteiger partial charge in [0.1, 0.15) is 6.04 Å². The summed E-state index contributed by atoms with van der Waals surface area (Å²) in [7, 11) is 0. The zero-order valence-corrected chi connectivity index (χ0v) is 15.5. The quantitative estimate of drug-likeness (QED) is 0.579. The van der Waals surface area contributed by atoms with Gasteiger partial charge in [0.2, 0.25) is 0 Å². The standard InChI is InChI=1S/C19H24N4O2S/c24-18(20-11-9-15-6-2-1-3-7-15)19(25)21-14-16(17-8-4-13-26-17)23-12-5-10-22-23/h4-6,8,10,12-13,16H,1-3,7,9,11,14H2,(H,20,24)(H,21,25)/t16-/m0/s1. The van der Waals surface area contributed by atoms with E-state index in [0.717, 1.165) is 24.1 Å². The number of allylic oxidation sites excluding steroid dienone is 1. The lowest BCUT2D eigenvalue weighted by Gasteiger charge is -2.17. The van der Waals surface area contributed by atoms with Crippen LogP contribution in [0.4, 0.5) is 0 Å². The highest BCUT2D eigenvalue weighted by molar-refractivity contribution is 7.10. The Morgan fingerprint density at radius 3 is 2.81 bits per heavy atom. The number of nitrogens with one attached hydrogen (secondary N) is 2. The molecule has 0 unspecified atom stereocenters. The van der Waals surface area contributed by atoms with Crippen molar-refractivity contribution in [3.05, 3.63) is 52.5 Å². The molecule has 0 aliphatic heterocycles. The number of thiophene rings is 1. The van der Waals surface area contributed by atoms with E-state index in [4.69, 9.17) is 0 Å². The smallest absolute Gasteiger partial charge is 0.309 e. The summed E-state index contributed by atoms with van der Waals surface area (Å²) in [6, 6.07) is 5.69. The third-order valence-electron chi connectivity index (χ3n) is 4.49. The van der Waals surface area contributed by atoms with Crippen LogP contribution in [0.3, 0.4) is 0 Å². The molecule has 0 fully saturated rings. The molecule has 0 aromatic carbocycles. The monoisotopic (exact) mass is 372 g/mol. The number of aromatic nitrogens is 2. The van der Waals surface area contributed by atoms with Gasteiger partial charge in [0.05, 0.1) is 0 Å². The zero-order chi connectivity index (χ0) is 18.2. The minimum Gasteiger partial charge on any atom is -0.348 e. The van der Waals surface area contributed by atoms with Crippen molar-refractivity contribution in [2.24, 2.45) is 0 Å². The Bertz CT molecular complexity index is 703. The van der Waals surface area contributed by atoms with Crippen LogP contribution in [0, 0.1) is 0 Å². The Morgan fingerprint density at radius 1 is 1.23 bits per heavy atom. The van der Waals surface area contributed by atoms with Crippen molar-refractivity contribution >= 4 is 23.2 Å². The van der Waals surface area contributed by atoms with Crippen LogP contribution in [0.1, 0.15) is 43.0 Å². The first-order valence-electron chi connectivity index (χ1n) is 9.00. The van der Waals surface area contributed by atoms with Gasteiger partial charge in [-0.2, -0.15) is 5.10 Å². The molecule has 0 saturated carbocycles. The topological polar surface area (TPSA) is 76.0 Å². The Morgan fingerprint density at radius 2 is 2.12 bits per heavy atom. The minimum absolute atomic E-state index is 0.117. The van der Waals surface area contributed by atoms with Gasteiger partial charge in [-0.25, -0.2) is 0 Å². The number of nitrogens with zero attached hydrogens (tertiary/aromatic N) is 2. The average molecular weight is 372 g/mol. The van der Waals surface area contributed by atoms with Crippen molar-refractivity contribution in [3.8, 4) is 0 Å². The first-order valence-corrected chi connectivity index (χ1v) is 9.88. The fraction of sp³-hybridized carbons (Fsp3) is 0.421. The summed E-state index contributed by atoms with van der Waals surface area (Å²) in [4.78, 5) is 25.2. The summed E-state index contributed by atoms with van der Waals surface area (Å²) < 4.78 is 1.79. The molecule has 2 N–H and O–H groups in total. The number of carbonyl (C=O) groups excluding carboxylic acids is 2. The van der Waals surface area contributed by atoms with E-state index in [1.54, 1.807) is 22.2 Å². The van der Waals surface area contributed by atoms with Crippen LogP contribution in [-0.4, -0.2) is 34.7 Å². The number of amides is 2. The molecular weight excluding hydrogens is 348 g/mol. The maximum absolute atomic E-state index is 12.1. The number of hydrogen-bond donors (Lipinski definition) is 2. The molecule has 0 saturated heterocycles. The van der Waals surface area contributed by atoms with Gasteiger partial charge in [-0.05, 0) is 49.6 Å². The second-order valence-electron chi connectivity index (χ2n) is 6.34. The van der Waals surface area contributed by atoms with Crippen LogP contribution >= 0.6 is 11.3 Å². The molecule has 2 aromatic rings. The van der Waals surface area contributed by atoms with E-state index >= 15 is 0 Å². The molecule has 7 heteroatoms. The van der Waals surface area contributed by atoms with Gasteiger partial charge < -0.3 is 10.6 Å². The van der Waals surface area contributed by atoms with Crippen LogP contribution in [0.5, 0.6) is 0 Å². The molecule has 0 bridgehead atoms. The molecule has 2 heterocycles. The van der Waals surface area contributed by atoms with Gasteiger partial charge in [0.15, 0.2) is 0 Å². The molecule has 26 heavy (non-hydrogen) atoms. The van der Waals surface area contributed by atoms with E-state index in [0.29, 0.717) is 13.1 Å². The van der Waals surface area contributed by atoms with Crippen LogP contribution in [-0.2, 0) is 9.59 Å². The van der Waals surface area contributed by atoms with Gasteiger partial charge in [0, 0.05) is 30.4 Å². The lowest BCUT2D eigenvalue weighted by atomic mass is 9.97. The van der Waals surface area contributed by atoms with Crippen LogP contribution in [0.25, 0.3) is 0 Å². The van der Waals surface area contributed by atoms with Crippen molar-refractivity contribution in [2.75, 3.05) is 13.1 Å². The van der Waals surface area contributed by atoms with Gasteiger partial charge in [-0.1, -0.05) is 17.7 Å². The summed E-state index contributed by atoms with van der Waals surface area (Å²) in [6.07, 6.45) is 11.3. The van der Waals surface area contributed by atoms with Crippen molar-refractivity contribution in [2.45, 2.75) is 38.1 Å². The second-order valence-corrected chi connectivity index (χ2v) is 7.32. The fourth-order valence-electron chi connectivity index (χ4n) is 3.09. The Hall–Kier alpha value is -2.41. The van der Waals surface area contributed by atoms with Gasteiger partial charge in [-0.15, -0.1) is 11.3 Å². The predicted octanol–water partition coefficient (Wildman–Crippen LogP) is 2.66. The second kappa shape index (κ2) is 9.33. The van der Waals surface area contributed by atoms with Crippen molar-refractivity contribution < 1.29 is 9.59 Å². The van der Waals surface area contributed by atoms with Crippen molar-refractivity contribution in [3.63, 3.8) is 0 Å². The summed E-state index contributed by atoms with van der Waals surface area (Å²) >= 11 is 1.60. The molecule has 6 nitrogen and oxygen atoms in total. The van der Waals surface area contributed by atoms with E-state index < -0.39 is 11.8 Å². The van der Waals surface area contributed by atoms with Crippen molar-refractivity contribution in [1.29, 1.82) is 0 Å². The summed E-state index contributed by atoms with van der Waals surface area (Å²) in [5, 5.41) is 11.7. The van der Waals surface area contributed by atoms with E-state index in [1.165, 1.54) is 18.4 Å². The highest BCUT2D eigenvalue weighted by atomic mass is 32.1. The summed E-state index contributed by atoms with van der Waals surface area (Å²) in [5.41, 5.74) is 1.38. The van der Waals surface area contributed by atoms with Crippen LogP contribution in [0.15, 0.2) is 47.6 Å². The first-order chi connectivity index (χ1) is 12.7. The minimum atomic E-state index is -0.601. The van der Waals surface area contributed by atoms with Crippen LogP contribution in [0.2, 0.25) is 0 Å². The maximum atomic E-state index is 12.1. The van der Waals surface area contributed by atoms with Gasteiger partial charge in [-0.3, -0.25) is 14.3 Å². The third-order valence-corrected chi connectivity index (χ3v) is 5.47.